The highest BCUT2D eigenvalue weighted by atomic mass is 16.7. The summed E-state index contributed by atoms with van der Waals surface area (Å²) >= 11 is 0. The lowest BCUT2D eigenvalue weighted by atomic mass is 9.89. The Morgan fingerprint density at radius 1 is 0.740 bits per heavy atom. The molecule has 2 aliphatic rings. The Bertz CT molecular complexity index is 2170. The largest absolute Gasteiger partial charge is 0.467 e. The molecule has 1 aromatic carbocycles. The van der Waals surface area contributed by atoms with Crippen molar-refractivity contribution in [3.8, 4) is 5.75 Å². The van der Waals surface area contributed by atoms with E-state index in [1.54, 1.807) is 35.9 Å². The predicted molar refractivity (Wildman–Crippen MR) is 277 cm³/mol. The van der Waals surface area contributed by atoms with Crippen LogP contribution in [0.25, 0.3) is 0 Å². The van der Waals surface area contributed by atoms with Crippen LogP contribution in [0.2, 0.25) is 0 Å². The standard InChI is InChI=1S/C54H85N5O18/c1-18-30(6)43(58(13)51(66)41(28(2)3)56-50(65)42(29(4)5)57(11)12)39(69-14)27-40(63)59-25-19-20-38(59)44(70-15)31(7)49(64)55-37(52(67)71-16)26-35-21-23-36(24-22-35)76-54-48(75-34(10)62)46(74-33(9)61)45(73-32(8)60)47(77-54)53(68)72-17/h21-24,28-31,37-39,41-48,54H,18-20,25-27H2,1-17H3,(H,55,64)(H,56,65)/t30?,31-,37-,38+,39-,41+,42?,43?,44-,45-,46-,47-,48+,54+/m1/s1. The van der Waals surface area contributed by atoms with Crippen LogP contribution in [-0.2, 0) is 87.5 Å². The third-order valence-electron chi connectivity index (χ3n) is 14.2. The topological polar surface area (TPSA) is 270 Å². The number of esters is 5. The summed E-state index contributed by atoms with van der Waals surface area (Å²) in [5.74, 6) is -6.78. The van der Waals surface area contributed by atoms with Gasteiger partial charge in [-0.3, -0.25) is 38.5 Å². The van der Waals surface area contributed by atoms with Crippen molar-refractivity contribution in [2.24, 2.45) is 23.7 Å². The van der Waals surface area contributed by atoms with E-state index in [4.69, 9.17) is 42.6 Å². The molecule has 3 unspecified atom stereocenters. The molecule has 0 bridgehead atoms. The number of carbonyl (C=O) groups excluding carboxylic acids is 9. The van der Waals surface area contributed by atoms with Crippen molar-refractivity contribution >= 4 is 53.5 Å². The summed E-state index contributed by atoms with van der Waals surface area (Å²) in [5.41, 5.74) is 0.530. The minimum atomic E-state index is -1.68. The van der Waals surface area contributed by atoms with E-state index in [2.05, 4.69) is 10.6 Å². The number of nitrogens with one attached hydrogen (secondary N) is 2. The first-order chi connectivity index (χ1) is 36.2. The lowest BCUT2D eigenvalue weighted by Gasteiger charge is -2.43. The van der Waals surface area contributed by atoms with E-state index >= 15 is 0 Å². The zero-order chi connectivity index (χ0) is 58.2. The fourth-order valence-electron chi connectivity index (χ4n) is 10.3. The van der Waals surface area contributed by atoms with Crippen LogP contribution in [0.3, 0.4) is 0 Å². The second-order valence-corrected chi connectivity index (χ2v) is 20.7. The van der Waals surface area contributed by atoms with Gasteiger partial charge in [0, 0.05) is 55.0 Å². The molecule has 2 fully saturated rings. The van der Waals surface area contributed by atoms with Gasteiger partial charge in [-0.15, -0.1) is 0 Å². The van der Waals surface area contributed by atoms with Gasteiger partial charge in [-0.25, -0.2) is 9.59 Å². The molecule has 0 aliphatic carbocycles. The number of hydrogen-bond acceptors (Lipinski definition) is 19. The number of amides is 4. The van der Waals surface area contributed by atoms with Crippen molar-refractivity contribution in [2.45, 2.75) is 174 Å². The van der Waals surface area contributed by atoms with Crippen LogP contribution in [0.4, 0.5) is 0 Å². The molecule has 14 atom stereocenters. The molecule has 23 heteroatoms. The number of nitrogens with zero attached hydrogens (tertiary/aromatic N) is 3. The maximum atomic E-state index is 14.5. The molecule has 0 spiro atoms. The molecule has 23 nitrogen and oxygen atoms in total. The fraction of sp³-hybridized carbons (Fsp3) is 0.722. The molecule has 0 aromatic heterocycles. The van der Waals surface area contributed by atoms with E-state index in [-0.39, 0.29) is 54.1 Å². The number of carbonyl (C=O) groups is 9. The lowest BCUT2D eigenvalue weighted by molar-refractivity contribution is -0.282. The van der Waals surface area contributed by atoms with E-state index in [9.17, 15) is 43.2 Å². The number of ether oxygens (including phenoxy) is 9. The molecule has 0 saturated carbocycles. The first-order valence-corrected chi connectivity index (χ1v) is 26.1. The van der Waals surface area contributed by atoms with E-state index < -0.39 is 115 Å². The van der Waals surface area contributed by atoms with Crippen molar-refractivity contribution in [1.29, 1.82) is 0 Å². The molecular weight excluding hydrogens is 1010 g/mol. The predicted octanol–water partition coefficient (Wildman–Crippen LogP) is 2.61. The van der Waals surface area contributed by atoms with Crippen LogP contribution in [-0.4, -0.2) is 197 Å². The third-order valence-corrected chi connectivity index (χ3v) is 14.2. The highest BCUT2D eigenvalue weighted by Crippen LogP contribution is 2.33. The van der Waals surface area contributed by atoms with Gasteiger partial charge in [0.05, 0.1) is 56.9 Å². The Morgan fingerprint density at radius 2 is 1.32 bits per heavy atom. The maximum Gasteiger partial charge on any atom is 0.339 e. The summed E-state index contributed by atoms with van der Waals surface area (Å²) in [6, 6.07) is 2.56. The van der Waals surface area contributed by atoms with Crippen LogP contribution >= 0.6 is 0 Å². The Labute approximate surface area is 453 Å². The van der Waals surface area contributed by atoms with Crippen molar-refractivity contribution in [3.63, 3.8) is 0 Å². The van der Waals surface area contributed by atoms with Gasteiger partial charge in [0.15, 0.2) is 18.3 Å². The Hall–Kier alpha value is -5.91. The average molecular weight is 1090 g/mol. The number of benzene rings is 1. The second-order valence-electron chi connectivity index (χ2n) is 20.7. The van der Waals surface area contributed by atoms with Crippen LogP contribution in [0.1, 0.15) is 100 Å². The van der Waals surface area contributed by atoms with Crippen molar-refractivity contribution in [3.05, 3.63) is 29.8 Å². The number of methoxy groups -OCH3 is 4. The minimum absolute atomic E-state index is 0.00739. The van der Waals surface area contributed by atoms with E-state index in [1.165, 1.54) is 33.5 Å². The first-order valence-electron chi connectivity index (χ1n) is 26.1. The molecule has 2 saturated heterocycles. The number of rotatable bonds is 27. The molecule has 0 radical (unpaired) electrons. The highest BCUT2D eigenvalue weighted by Gasteiger charge is 2.56. The highest BCUT2D eigenvalue weighted by molar-refractivity contribution is 5.90. The first kappa shape index (κ1) is 65.4. The molecule has 3 rings (SSSR count). The van der Waals surface area contributed by atoms with Crippen LogP contribution in [0.5, 0.6) is 5.75 Å². The zero-order valence-electron chi connectivity index (χ0n) is 48.0. The van der Waals surface area contributed by atoms with Crippen LogP contribution in [0.15, 0.2) is 24.3 Å². The van der Waals surface area contributed by atoms with Gasteiger partial charge in [-0.1, -0.05) is 67.0 Å². The van der Waals surface area contributed by atoms with Gasteiger partial charge in [-0.05, 0) is 62.4 Å². The summed E-state index contributed by atoms with van der Waals surface area (Å²) in [7, 11) is 10.5. The molecule has 4 amide bonds. The molecule has 2 N–H and O–H groups in total. The zero-order valence-corrected chi connectivity index (χ0v) is 48.0. The SMILES string of the molecule is CCC(C)C([C@@H](CC(=O)N1CCC[C@H]1[C@H](OC)[C@@H](C)C(=O)N[C@H](Cc1ccc(O[C@H]2O[C@@H](C(=O)OC)[C@H](OC(C)=O)[C@@H](OC(C)=O)[C@@H]2OC(C)=O)cc1)C(=O)OC)OC)N(C)C(=O)[C@@H](NC(=O)C(C(C)C)N(C)C)C(C)C. The van der Waals surface area contributed by atoms with E-state index in [0.717, 1.165) is 27.9 Å². The Morgan fingerprint density at radius 3 is 1.82 bits per heavy atom. The number of likely N-dealkylation sites (tertiary alicyclic amines) is 1. The summed E-state index contributed by atoms with van der Waals surface area (Å²) in [6.07, 6.45) is -7.84. The summed E-state index contributed by atoms with van der Waals surface area (Å²) in [6.45, 7) is 16.9. The molecular formula is C54H85N5O18. The molecule has 2 heterocycles. The molecule has 434 valence electrons. The van der Waals surface area contributed by atoms with Crippen molar-refractivity contribution in [2.75, 3.05) is 56.1 Å². The Balaban J connectivity index is 1.82. The van der Waals surface area contributed by atoms with Gasteiger partial charge in [0.1, 0.15) is 17.8 Å². The molecule has 1 aromatic rings. The van der Waals surface area contributed by atoms with Gasteiger partial charge < -0.3 is 63.1 Å². The van der Waals surface area contributed by atoms with E-state index in [1.807, 2.05) is 60.5 Å². The third kappa shape index (κ3) is 17.5. The smallest absolute Gasteiger partial charge is 0.339 e. The van der Waals surface area contributed by atoms with Gasteiger partial charge >= 0.3 is 29.8 Å². The van der Waals surface area contributed by atoms with E-state index in [0.29, 0.717) is 31.4 Å². The minimum Gasteiger partial charge on any atom is -0.467 e. The summed E-state index contributed by atoms with van der Waals surface area (Å²) < 4.78 is 50.0. The molecule has 77 heavy (non-hydrogen) atoms. The summed E-state index contributed by atoms with van der Waals surface area (Å²) in [4.78, 5) is 124. The fourth-order valence-corrected chi connectivity index (χ4v) is 10.3. The second kappa shape index (κ2) is 30.3. The monoisotopic (exact) mass is 1090 g/mol. The average Bonchev–Trinajstić information content (AvgIpc) is 3.85. The van der Waals surface area contributed by atoms with Gasteiger partial charge in [-0.2, -0.15) is 0 Å². The summed E-state index contributed by atoms with van der Waals surface area (Å²) in [5, 5.41) is 5.82. The van der Waals surface area contributed by atoms with Crippen molar-refractivity contribution < 1.29 is 85.8 Å². The van der Waals surface area contributed by atoms with Crippen LogP contribution in [0, 0.1) is 23.7 Å². The number of hydrogen-bond donors (Lipinski definition) is 2. The van der Waals surface area contributed by atoms with Gasteiger partial charge in [0.2, 0.25) is 36.0 Å². The van der Waals surface area contributed by atoms with Crippen molar-refractivity contribution in [1.82, 2.24) is 25.3 Å². The Kier molecular flexibility index (Phi) is 25.7. The lowest BCUT2D eigenvalue weighted by Crippen LogP contribution is -2.64. The van der Waals surface area contributed by atoms with Gasteiger partial charge in [0.25, 0.3) is 0 Å². The quantitative estimate of drug-likeness (QED) is 0.0947. The number of likely N-dealkylation sites (N-methyl/N-ethyl adjacent to an activating group) is 2. The normalized spacial score (nSPS) is 22.5. The molecule has 2 aliphatic heterocycles. The van der Waals surface area contributed by atoms with Crippen LogP contribution < -0.4 is 15.4 Å². The maximum absolute atomic E-state index is 14.5.